The van der Waals surface area contributed by atoms with Crippen molar-refractivity contribution in [3.8, 4) is 61.6 Å². The second-order valence-corrected chi connectivity index (χ2v) is 18.0. The molecule has 0 saturated carbocycles. The highest BCUT2D eigenvalue weighted by Crippen LogP contribution is 2.40. The van der Waals surface area contributed by atoms with Gasteiger partial charge in [-0.1, -0.05) is 158 Å². The van der Waals surface area contributed by atoms with Crippen molar-refractivity contribution in [2.75, 3.05) is 0 Å². The lowest BCUT2D eigenvalue weighted by Gasteiger charge is -2.16. The van der Waals surface area contributed by atoms with Gasteiger partial charge in [0.25, 0.3) is 0 Å². The van der Waals surface area contributed by atoms with E-state index < -0.39 is 0 Å². The predicted octanol–water partition coefficient (Wildman–Crippen LogP) is 17.0. The maximum absolute atomic E-state index is 4.92. The summed E-state index contributed by atoms with van der Waals surface area (Å²) in [4.78, 5) is 4.92. The molecule has 10 aromatic carbocycles. The van der Waals surface area contributed by atoms with Crippen LogP contribution in [0.2, 0.25) is 0 Å². The lowest BCUT2D eigenvalue weighted by atomic mass is 10.0. The van der Waals surface area contributed by atoms with Gasteiger partial charge in [-0.15, -0.1) is 0 Å². The summed E-state index contributed by atoms with van der Waals surface area (Å²) in [6.45, 7) is 0. The predicted molar refractivity (Wildman–Crippen MR) is 289 cm³/mol. The van der Waals surface area contributed by atoms with Gasteiger partial charge in [0.15, 0.2) is 0 Å². The second kappa shape index (κ2) is 15.7. The summed E-state index contributed by atoms with van der Waals surface area (Å²) in [7, 11) is 0. The normalized spacial score (nSPS) is 11.8. The molecule has 69 heavy (non-hydrogen) atoms. The zero-order chi connectivity index (χ0) is 45.4. The molecule has 322 valence electrons. The Balaban J connectivity index is 0.909. The monoisotopic (exact) mass is 878 g/mol. The Bertz CT molecular complexity index is 3950. The molecule has 14 aromatic rings. The molecule has 0 aliphatic heterocycles. The minimum absolute atomic E-state index is 1.05. The van der Waals surface area contributed by atoms with Gasteiger partial charge in [0.05, 0.1) is 33.1 Å². The molecule has 4 nitrogen and oxygen atoms in total. The first-order valence-corrected chi connectivity index (χ1v) is 23.6. The number of rotatable bonds is 7. The molecule has 0 amide bonds. The molecule has 0 spiro atoms. The minimum Gasteiger partial charge on any atom is -0.309 e. The van der Waals surface area contributed by atoms with Crippen molar-refractivity contribution < 1.29 is 0 Å². The van der Waals surface area contributed by atoms with Crippen LogP contribution in [-0.4, -0.2) is 18.7 Å². The molecule has 0 N–H and O–H groups in total. The van der Waals surface area contributed by atoms with Crippen molar-refractivity contribution in [3.63, 3.8) is 0 Å². The van der Waals surface area contributed by atoms with Gasteiger partial charge in [0.1, 0.15) is 0 Å². The van der Waals surface area contributed by atoms with Crippen molar-refractivity contribution in [3.05, 3.63) is 255 Å². The van der Waals surface area contributed by atoms with E-state index in [9.17, 15) is 0 Å². The molecule has 0 radical (unpaired) electrons. The highest BCUT2D eigenvalue weighted by Gasteiger charge is 2.19. The van der Waals surface area contributed by atoms with E-state index in [-0.39, 0.29) is 0 Å². The number of pyridine rings is 1. The van der Waals surface area contributed by atoms with Crippen LogP contribution >= 0.6 is 0 Å². The molecule has 0 aliphatic rings. The van der Waals surface area contributed by atoms with Gasteiger partial charge in [-0.3, -0.25) is 4.98 Å². The minimum atomic E-state index is 1.05. The number of hydrogen-bond donors (Lipinski definition) is 0. The van der Waals surface area contributed by atoms with E-state index in [0.717, 1.165) is 39.3 Å². The summed E-state index contributed by atoms with van der Waals surface area (Å²) in [6.07, 6.45) is 3.99. The van der Waals surface area contributed by atoms with Gasteiger partial charge in [0.2, 0.25) is 0 Å². The third-order valence-electron chi connectivity index (χ3n) is 14.1. The first kappa shape index (κ1) is 39.0. The van der Waals surface area contributed by atoms with E-state index in [2.05, 4.69) is 256 Å². The van der Waals surface area contributed by atoms with Gasteiger partial charge in [-0.05, 0) is 118 Å². The molecule has 4 aromatic heterocycles. The van der Waals surface area contributed by atoms with Gasteiger partial charge in [-0.25, -0.2) is 0 Å². The molecule has 0 unspecified atom stereocenters. The first-order valence-electron chi connectivity index (χ1n) is 23.6. The fourth-order valence-electron chi connectivity index (χ4n) is 10.9. The standard InChI is InChI=1S/C65H42N4/c1-3-15-43(16-4-1)46-29-33-64-58(38-46)59-39-47(44-17-5-2-6-18-44)30-34-65(59)67(64)51-31-27-45(28-32-51)49-35-50(42-66-41-49)48-36-52(68-60-23-11-7-19-54(60)55-20-8-12-24-61(55)68)40-53(37-48)69-62-25-13-9-21-56(62)57-22-10-14-26-63(57)69/h1-42H. The van der Waals surface area contributed by atoms with Gasteiger partial charge in [0, 0.05) is 72.9 Å². The molecule has 4 heterocycles. The molecule has 0 aliphatic carbocycles. The smallest absolute Gasteiger partial charge is 0.0541 e. The molecule has 14 rings (SSSR count). The van der Waals surface area contributed by atoms with Gasteiger partial charge in [-0.2, -0.15) is 0 Å². The summed E-state index contributed by atoms with van der Waals surface area (Å²) >= 11 is 0. The fourth-order valence-corrected chi connectivity index (χ4v) is 10.9. The quantitative estimate of drug-likeness (QED) is 0.157. The summed E-state index contributed by atoms with van der Waals surface area (Å²) in [6, 6.07) is 88.3. The highest BCUT2D eigenvalue weighted by molar-refractivity contribution is 6.13. The number of aromatic nitrogens is 4. The third kappa shape index (κ3) is 6.34. The van der Waals surface area contributed by atoms with Crippen molar-refractivity contribution in [2.45, 2.75) is 0 Å². The number of para-hydroxylation sites is 4. The van der Waals surface area contributed by atoms with Crippen LogP contribution < -0.4 is 0 Å². The SMILES string of the molecule is c1ccc(-c2ccc3c(c2)c2cc(-c4ccccc4)ccc2n3-c2ccc(-c3cncc(-c4cc(-n5c6ccccc6c6ccccc65)cc(-n5c6ccccc6c6ccccc65)c4)c3)cc2)cc1. The Morgan fingerprint density at radius 3 is 1.00 bits per heavy atom. The zero-order valence-electron chi connectivity index (χ0n) is 37.5. The van der Waals surface area contributed by atoms with Crippen LogP contribution in [0.3, 0.4) is 0 Å². The van der Waals surface area contributed by atoms with E-state index in [1.165, 1.54) is 87.7 Å². The number of hydrogen-bond acceptors (Lipinski definition) is 1. The van der Waals surface area contributed by atoms with Crippen molar-refractivity contribution in [1.29, 1.82) is 0 Å². The summed E-state index contributed by atoms with van der Waals surface area (Å²) in [5.74, 6) is 0. The van der Waals surface area contributed by atoms with E-state index in [0.29, 0.717) is 0 Å². The van der Waals surface area contributed by atoms with E-state index in [1.807, 2.05) is 12.4 Å². The van der Waals surface area contributed by atoms with Crippen LogP contribution in [-0.2, 0) is 0 Å². The molecular weight excluding hydrogens is 837 g/mol. The Hall–Kier alpha value is -9.25. The summed E-state index contributed by atoms with van der Waals surface area (Å²) < 4.78 is 7.24. The van der Waals surface area contributed by atoms with Crippen LogP contribution in [0.5, 0.6) is 0 Å². The maximum Gasteiger partial charge on any atom is 0.0541 e. The number of nitrogens with zero attached hydrogens (tertiary/aromatic N) is 4. The summed E-state index contributed by atoms with van der Waals surface area (Å²) in [5.41, 5.74) is 19.5. The second-order valence-electron chi connectivity index (χ2n) is 18.0. The van der Waals surface area contributed by atoms with Crippen LogP contribution in [0.4, 0.5) is 0 Å². The Morgan fingerprint density at radius 2 is 0.551 bits per heavy atom. The molecular formula is C65H42N4. The Labute approximate surface area is 398 Å². The van der Waals surface area contributed by atoms with Crippen molar-refractivity contribution in [2.24, 2.45) is 0 Å². The van der Waals surface area contributed by atoms with Crippen LogP contribution in [0.15, 0.2) is 255 Å². The fraction of sp³-hybridized carbons (Fsp3) is 0. The largest absolute Gasteiger partial charge is 0.309 e. The molecule has 0 fully saturated rings. The van der Waals surface area contributed by atoms with Crippen molar-refractivity contribution in [1.82, 2.24) is 18.7 Å². The molecule has 0 bridgehead atoms. The maximum atomic E-state index is 4.92. The molecule has 4 heteroatoms. The average Bonchev–Trinajstić information content (AvgIpc) is 4.07. The summed E-state index contributed by atoms with van der Waals surface area (Å²) in [5, 5.41) is 7.40. The lowest BCUT2D eigenvalue weighted by Crippen LogP contribution is -2.00. The third-order valence-corrected chi connectivity index (χ3v) is 14.1. The van der Waals surface area contributed by atoms with Crippen LogP contribution in [0.25, 0.3) is 127 Å². The van der Waals surface area contributed by atoms with Gasteiger partial charge < -0.3 is 13.7 Å². The van der Waals surface area contributed by atoms with E-state index in [1.54, 1.807) is 0 Å². The number of fused-ring (bicyclic) bond motifs is 9. The number of benzene rings is 10. The van der Waals surface area contributed by atoms with Gasteiger partial charge >= 0.3 is 0 Å². The van der Waals surface area contributed by atoms with Crippen LogP contribution in [0.1, 0.15) is 0 Å². The molecule has 0 saturated heterocycles. The Kier molecular flexibility index (Phi) is 8.86. The zero-order valence-corrected chi connectivity index (χ0v) is 37.5. The Morgan fingerprint density at radius 1 is 0.203 bits per heavy atom. The average molecular weight is 879 g/mol. The highest BCUT2D eigenvalue weighted by atomic mass is 15.0. The molecule has 0 atom stereocenters. The first-order chi connectivity index (χ1) is 34.2. The van der Waals surface area contributed by atoms with Crippen LogP contribution in [0, 0.1) is 0 Å². The van der Waals surface area contributed by atoms with E-state index >= 15 is 0 Å². The van der Waals surface area contributed by atoms with E-state index in [4.69, 9.17) is 4.98 Å². The topological polar surface area (TPSA) is 27.7 Å². The van der Waals surface area contributed by atoms with Crippen molar-refractivity contribution >= 4 is 65.4 Å². The lowest BCUT2D eigenvalue weighted by molar-refractivity contribution is 1.13.